The van der Waals surface area contributed by atoms with Crippen LogP contribution in [0.4, 0.5) is 0 Å². The molecule has 1 unspecified atom stereocenters. The molecule has 2 aromatic rings. The molecule has 1 aromatic heterocycles. The standard InChI is InChI=1S/C23H31N3O2/c1-22(2,3)17-7-9-18(10-8-17)28-20-11-6-16(14-25-20)21(27)26-13-12-19(24)23(4,5)15-26/h6-11,14,19H,12-13,15,24H2,1-5H3. The summed E-state index contributed by atoms with van der Waals surface area (Å²) in [5, 5.41) is 0. The number of carbonyl (C=O) groups excluding carboxylic acids is 1. The fraction of sp³-hybridized carbons (Fsp3) is 0.478. The maximum atomic E-state index is 12.8. The molecule has 1 atom stereocenters. The number of hydrogen-bond donors (Lipinski definition) is 1. The number of benzene rings is 1. The first-order valence-electron chi connectivity index (χ1n) is 9.85. The maximum absolute atomic E-state index is 12.8. The van der Waals surface area contributed by atoms with E-state index in [1.165, 1.54) is 5.56 Å². The number of ether oxygens (including phenoxy) is 1. The van der Waals surface area contributed by atoms with Crippen LogP contribution in [-0.2, 0) is 5.41 Å². The van der Waals surface area contributed by atoms with Gasteiger partial charge in [0.25, 0.3) is 5.91 Å². The second kappa shape index (κ2) is 7.55. The first-order valence-corrected chi connectivity index (χ1v) is 9.85. The van der Waals surface area contributed by atoms with Crippen molar-refractivity contribution >= 4 is 5.91 Å². The normalized spacial score (nSPS) is 19.4. The van der Waals surface area contributed by atoms with Crippen LogP contribution in [0.5, 0.6) is 11.6 Å². The molecule has 5 heteroatoms. The minimum absolute atomic E-state index is 0.00597. The molecule has 28 heavy (non-hydrogen) atoms. The highest BCUT2D eigenvalue weighted by molar-refractivity contribution is 5.94. The highest BCUT2D eigenvalue weighted by Crippen LogP contribution is 2.29. The highest BCUT2D eigenvalue weighted by Gasteiger charge is 2.35. The molecule has 2 N–H and O–H groups in total. The van der Waals surface area contributed by atoms with Crippen molar-refractivity contribution in [2.75, 3.05) is 13.1 Å². The van der Waals surface area contributed by atoms with E-state index in [1.807, 2.05) is 17.0 Å². The Morgan fingerprint density at radius 1 is 1.18 bits per heavy atom. The van der Waals surface area contributed by atoms with Crippen LogP contribution in [0.15, 0.2) is 42.6 Å². The maximum Gasteiger partial charge on any atom is 0.255 e. The summed E-state index contributed by atoms with van der Waals surface area (Å²) < 4.78 is 5.82. The van der Waals surface area contributed by atoms with Crippen LogP contribution >= 0.6 is 0 Å². The van der Waals surface area contributed by atoms with Crippen molar-refractivity contribution in [2.45, 2.75) is 52.5 Å². The van der Waals surface area contributed by atoms with Crippen LogP contribution in [0, 0.1) is 5.41 Å². The van der Waals surface area contributed by atoms with Crippen molar-refractivity contribution in [1.82, 2.24) is 9.88 Å². The predicted octanol–water partition coefficient (Wildman–Crippen LogP) is 4.37. The average Bonchev–Trinajstić information content (AvgIpc) is 2.64. The Labute approximate surface area is 167 Å². The highest BCUT2D eigenvalue weighted by atomic mass is 16.5. The molecule has 3 rings (SSSR count). The Morgan fingerprint density at radius 3 is 2.39 bits per heavy atom. The fourth-order valence-electron chi connectivity index (χ4n) is 3.44. The first-order chi connectivity index (χ1) is 13.1. The second-order valence-corrected chi connectivity index (χ2v) is 9.37. The lowest BCUT2D eigenvalue weighted by Crippen LogP contribution is -2.54. The number of aromatic nitrogens is 1. The van der Waals surface area contributed by atoms with Gasteiger partial charge in [-0.2, -0.15) is 0 Å². The molecular formula is C23H31N3O2. The van der Waals surface area contributed by atoms with Crippen molar-refractivity contribution < 1.29 is 9.53 Å². The Balaban J connectivity index is 1.66. The minimum Gasteiger partial charge on any atom is -0.439 e. The zero-order chi connectivity index (χ0) is 20.5. The van der Waals surface area contributed by atoms with Gasteiger partial charge in [0.2, 0.25) is 5.88 Å². The number of amides is 1. The van der Waals surface area contributed by atoms with Gasteiger partial charge in [0, 0.05) is 31.4 Å². The van der Waals surface area contributed by atoms with Crippen molar-refractivity contribution in [1.29, 1.82) is 0 Å². The molecular weight excluding hydrogens is 350 g/mol. The number of nitrogens with zero attached hydrogens (tertiary/aromatic N) is 2. The molecule has 1 aliphatic rings. The van der Waals surface area contributed by atoms with E-state index in [4.69, 9.17) is 10.5 Å². The molecule has 0 saturated carbocycles. The average molecular weight is 382 g/mol. The van der Waals surface area contributed by atoms with E-state index in [-0.39, 0.29) is 22.8 Å². The third-order valence-electron chi connectivity index (χ3n) is 5.53. The summed E-state index contributed by atoms with van der Waals surface area (Å²) in [5.74, 6) is 1.20. The van der Waals surface area contributed by atoms with Gasteiger partial charge in [-0.25, -0.2) is 4.98 Å². The molecule has 2 heterocycles. The lowest BCUT2D eigenvalue weighted by atomic mass is 9.79. The Hall–Kier alpha value is -2.40. The van der Waals surface area contributed by atoms with E-state index in [2.05, 4.69) is 51.7 Å². The summed E-state index contributed by atoms with van der Waals surface area (Å²) in [6, 6.07) is 11.7. The largest absolute Gasteiger partial charge is 0.439 e. The summed E-state index contributed by atoms with van der Waals surface area (Å²) in [5.41, 5.74) is 8.02. The van der Waals surface area contributed by atoms with Crippen LogP contribution in [0.25, 0.3) is 0 Å². The first kappa shape index (κ1) is 20.3. The minimum atomic E-state index is -0.0798. The number of piperidine rings is 1. The summed E-state index contributed by atoms with van der Waals surface area (Å²) in [4.78, 5) is 19.0. The van der Waals surface area contributed by atoms with E-state index in [9.17, 15) is 4.79 Å². The third-order valence-corrected chi connectivity index (χ3v) is 5.53. The number of likely N-dealkylation sites (tertiary alicyclic amines) is 1. The van der Waals surface area contributed by atoms with Crippen molar-refractivity contribution in [2.24, 2.45) is 11.1 Å². The zero-order valence-corrected chi connectivity index (χ0v) is 17.5. The smallest absolute Gasteiger partial charge is 0.255 e. The summed E-state index contributed by atoms with van der Waals surface area (Å²) in [7, 11) is 0. The monoisotopic (exact) mass is 381 g/mol. The predicted molar refractivity (Wildman–Crippen MR) is 112 cm³/mol. The van der Waals surface area contributed by atoms with E-state index in [0.717, 1.165) is 12.2 Å². The Morgan fingerprint density at radius 2 is 1.86 bits per heavy atom. The van der Waals surface area contributed by atoms with Gasteiger partial charge in [-0.1, -0.05) is 46.8 Å². The molecule has 0 bridgehead atoms. The Bertz CT molecular complexity index is 820. The van der Waals surface area contributed by atoms with E-state index in [1.54, 1.807) is 18.3 Å². The quantitative estimate of drug-likeness (QED) is 0.857. The van der Waals surface area contributed by atoms with Crippen molar-refractivity contribution in [3.63, 3.8) is 0 Å². The molecule has 150 valence electrons. The van der Waals surface area contributed by atoms with Gasteiger partial charge in [0.1, 0.15) is 5.75 Å². The second-order valence-electron chi connectivity index (χ2n) is 9.37. The number of pyridine rings is 1. The number of rotatable bonds is 3. The third kappa shape index (κ3) is 4.53. The van der Waals surface area contributed by atoms with Crippen molar-refractivity contribution in [3.05, 3.63) is 53.7 Å². The van der Waals surface area contributed by atoms with Gasteiger partial charge >= 0.3 is 0 Å². The van der Waals surface area contributed by atoms with E-state index >= 15 is 0 Å². The number of nitrogens with two attached hydrogens (primary N) is 1. The van der Waals surface area contributed by atoms with Crippen LogP contribution in [0.1, 0.15) is 57.0 Å². The summed E-state index contributed by atoms with van der Waals surface area (Å²) in [6.07, 6.45) is 2.40. The molecule has 1 aliphatic heterocycles. The number of carbonyl (C=O) groups is 1. The molecule has 1 aromatic carbocycles. The fourth-order valence-corrected chi connectivity index (χ4v) is 3.44. The van der Waals surface area contributed by atoms with Crippen LogP contribution < -0.4 is 10.5 Å². The Kier molecular flexibility index (Phi) is 5.48. The lowest BCUT2D eigenvalue weighted by Gasteiger charge is -2.42. The summed E-state index contributed by atoms with van der Waals surface area (Å²) in [6.45, 7) is 12.1. The van der Waals surface area contributed by atoms with Crippen LogP contribution in [0.2, 0.25) is 0 Å². The molecule has 1 saturated heterocycles. The van der Waals surface area contributed by atoms with Crippen molar-refractivity contribution in [3.8, 4) is 11.6 Å². The van der Waals surface area contributed by atoms with Crippen LogP contribution in [0.3, 0.4) is 0 Å². The molecule has 0 aliphatic carbocycles. The van der Waals surface area contributed by atoms with E-state index < -0.39 is 0 Å². The molecule has 1 amide bonds. The van der Waals surface area contributed by atoms with E-state index in [0.29, 0.717) is 24.5 Å². The SMILES string of the molecule is CC(C)(C)c1ccc(Oc2ccc(C(=O)N3CCC(N)C(C)(C)C3)cn2)cc1. The van der Waals surface area contributed by atoms with Gasteiger partial charge in [-0.15, -0.1) is 0 Å². The molecule has 1 fully saturated rings. The van der Waals surface area contributed by atoms with Gasteiger partial charge in [0.15, 0.2) is 0 Å². The molecule has 0 radical (unpaired) electrons. The number of hydrogen-bond acceptors (Lipinski definition) is 4. The van der Waals surface area contributed by atoms with Gasteiger partial charge < -0.3 is 15.4 Å². The van der Waals surface area contributed by atoms with Crippen LogP contribution in [-0.4, -0.2) is 34.9 Å². The lowest BCUT2D eigenvalue weighted by molar-refractivity contribution is 0.0532. The van der Waals surface area contributed by atoms with Gasteiger partial charge in [-0.05, 0) is 41.0 Å². The molecule has 0 spiro atoms. The zero-order valence-electron chi connectivity index (χ0n) is 17.5. The van der Waals surface area contributed by atoms with Gasteiger partial charge in [0.05, 0.1) is 5.56 Å². The van der Waals surface area contributed by atoms with Gasteiger partial charge in [-0.3, -0.25) is 4.79 Å². The molecule has 5 nitrogen and oxygen atoms in total. The summed E-state index contributed by atoms with van der Waals surface area (Å²) >= 11 is 0. The topological polar surface area (TPSA) is 68.5 Å².